The van der Waals surface area contributed by atoms with Crippen LogP contribution in [0.2, 0.25) is 0 Å². The molecule has 0 heterocycles. The zero-order valence-corrected chi connectivity index (χ0v) is 15.4. The van der Waals surface area contributed by atoms with Crippen molar-refractivity contribution >= 4 is 32.4 Å². The molecule has 0 bridgehead atoms. The molecule has 0 aliphatic rings. The molecule has 0 aliphatic heterocycles. The van der Waals surface area contributed by atoms with Crippen LogP contribution < -0.4 is 10.0 Å². The Balaban J connectivity index is 2.02. The molecule has 3 aromatic rings. The minimum absolute atomic E-state index is 0.185. The van der Waals surface area contributed by atoms with E-state index in [1.54, 1.807) is 43.3 Å². The second kappa shape index (κ2) is 7.27. The summed E-state index contributed by atoms with van der Waals surface area (Å²) in [6.07, 6.45) is 0. The van der Waals surface area contributed by atoms with Crippen molar-refractivity contribution in [1.29, 1.82) is 0 Å². The molecular formula is C20H20N2O3S. The molecule has 0 spiro atoms. The van der Waals surface area contributed by atoms with Gasteiger partial charge in [-0.1, -0.05) is 54.6 Å². The maximum atomic E-state index is 13.0. The molecule has 5 nitrogen and oxygen atoms in total. The summed E-state index contributed by atoms with van der Waals surface area (Å²) in [5.41, 5.74) is 1.47. The first kappa shape index (κ1) is 18.1. The van der Waals surface area contributed by atoms with Gasteiger partial charge in [-0.25, -0.2) is 13.1 Å². The number of hydrogen-bond donors (Lipinski definition) is 2. The van der Waals surface area contributed by atoms with Crippen molar-refractivity contribution in [3.05, 3.63) is 72.3 Å². The summed E-state index contributed by atoms with van der Waals surface area (Å²) in [6.45, 7) is 3.23. The van der Waals surface area contributed by atoms with Gasteiger partial charge < -0.3 is 5.32 Å². The van der Waals surface area contributed by atoms with Crippen LogP contribution in [0, 0.1) is 0 Å². The zero-order chi connectivity index (χ0) is 18.7. The number of nitrogens with one attached hydrogen (secondary N) is 2. The maximum Gasteiger partial charge on any atom is 0.241 e. The molecule has 2 N–H and O–H groups in total. The predicted octanol–water partition coefficient (Wildman–Crippen LogP) is 3.84. The Morgan fingerprint density at radius 2 is 1.54 bits per heavy atom. The molecule has 1 atom stereocenters. The van der Waals surface area contributed by atoms with E-state index in [0.717, 1.165) is 5.56 Å². The summed E-state index contributed by atoms with van der Waals surface area (Å²) in [6, 6.07) is 19.3. The number of amides is 1. The molecule has 3 rings (SSSR count). The molecule has 6 heteroatoms. The van der Waals surface area contributed by atoms with Crippen LogP contribution in [-0.4, -0.2) is 14.3 Å². The highest BCUT2D eigenvalue weighted by atomic mass is 32.2. The Hall–Kier alpha value is -2.70. The quantitative estimate of drug-likeness (QED) is 0.718. The van der Waals surface area contributed by atoms with Crippen LogP contribution in [-0.2, 0) is 14.8 Å². The Kier molecular flexibility index (Phi) is 5.06. The number of hydrogen-bond acceptors (Lipinski definition) is 3. The van der Waals surface area contributed by atoms with Crippen molar-refractivity contribution in [3.63, 3.8) is 0 Å². The lowest BCUT2D eigenvalue weighted by atomic mass is 10.1. The largest absolute Gasteiger partial charge is 0.326 e. The molecular weight excluding hydrogens is 348 g/mol. The SMILES string of the molecule is CC(=O)Nc1cccc2c(S(=O)(=O)NC(C)c3ccccc3)cccc12. The van der Waals surface area contributed by atoms with Gasteiger partial charge in [0.05, 0.1) is 4.90 Å². The van der Waals surface area contributed by atoms with E-state index in [1.165, 1.54) is 6.92 Å². The molecule has 0 fully saturated rings. The van der Waals surface area contributed by atoms with Gasteiger partial charge in [0.2, 0.25) is 15.9 Å². The van der Waals surface area contributed by atoms with Gasteiger partial charge in [0.25, 0.3) is 0 Å². The number of benzene rings is 3. The van der Waals surface area contributed by atoms with Crippen molar-refractivity contribution in [2.24, 2.45) is 0 Å². The average Bonchev–Trinajstić information content (AvgIpc) is 2.61. The molecule has 0 saturated heterocycles. The fourth-order valence-electron chi connectivity index (χ4n) is 2.92. The van der Waals surface area contributed by atoms with Gasteiger partial charge in [-0.3, -0.25) is 4.79 Å². The number of sulfonamides is 1. The van der Waals surface area contributed by atoms with Crippen LogP contribution in [0.3, 0.4) is 0 Å². The van der Waals surface area contributed by atoms with E-state index in [0.29, 0.717) is 16.5 Å². The highest BCUT2D eigenvalue weighted by Gasteiger charge is 2.21. The Labute approximate surface area is 153 Å². The lowest BCUT2D eigenvalue weighted by Gasteiger charge is -2.16. The van der Waals surface area contributed by atoms with Crippen LogP contribution >= 0.6 is 0 Å². The molecule has 134 valence electrons. The average molecular weight is 368 g/mol. The summed E-state index contributed by atoms with van der Waals surface area (Å²) in [7, 11) is -3.74. The minimum Gasteiger partial charge on any atom is -0.326 e. The summed E-state index contributed by atoms with van der Waals surface area (Å²) >= 11 is 0. The summed E-state index contributed by atoms with van der Waals surface area (Å²) in [5, 5.41) is 3.98. The van der Waals surface area contributed by atoms with Gasteiger partial charge in [-0.2, -0.15) is 0 Å². The predicted molar refractivity (Wildman–Crippen MR) is 103 cm³/mol. The molecule has 0 saturated carbocycles. The zero-order valence-electron chi connectivity index (χ0n) is 14.6. The second-order valence-corrected chi connectivity index (χ2v) is 7.77. The van der Waals surface area contributed by atoms with Crippen LogP contribution in [0.5, 0.6) is 0 Å². The lowest BCUT2D eigenvalue weighted by molar-refractivity contribution is -0.114. The number of carbonyl (C=O) groups is 1. The highest BCUT2D eigenvalue weighted by molar-refractivity contribution is 7.89. The first-order valence-electron chi connectivity index (χ1n) is 8.25. The van der Waals surface area contributed by atoms with Crippen molar-refractivity contribution in [2.75, 3.05) is 5.32 Å². The minimum atomic E-state index is -3.74. The third-order valence-electron chi connectivity index (χ3n) is 4.11. The molecule has 0 radical (unpaired) electrons. The van der Waals surface area contributed by atoms with Gasteiger partial charge in [-0.15, -0.1) is 0 Å². The molecule has 1 unspecified atom stereocenters. The van der Waals surface area contributed by atoms with Gasteiger partial charge in [-0.05, 0) is 24.6 Å². The van der Waals surface area contributed by atoms with Gasteiger partial charge in [0.1, 0.15) is 0 Å². The van der Waals surface area contributed by atoms with Crippen LogP contribution in [0.4, 0.5) is 5.69 Å². The van der Waals surface area contributed by atoms with Crippen LogP contribution in [0.15, 0.2) is 71.6 Å². The fourth-order valence-corrected chi connectivity index (χ4v) is 4.37. The van der Waals surface area contributed by atoms with E-state index >= 15 is 0 Å². The first-order valence-corrected chi connectivity index (χ1v) is 9.73. The highest BCUT2D eigenvalue weighted by Crippen LogP contribution is 2.29. The van der Waals surface area contributed by atoms with Crippen LogP contribution in [0.25, 0.3) is 10.8 Å². The molecule has 0 aliphatic carbocycles. The Morgan fingerprint density at radius 3 is 2.23 bits per heavy atom. The normalized spacial score (nSPS) is 12.7. The van der Waals surface area contributed by atoms with Crippen LogP contribution in [0.1, 0.15) is 25.5 Å². The van der Waals surface area contributed by atoms with Gasteiger partial charge in [0.15, 0.2) is 0 Å². The first-order chi connectivity index (χ1) is 12.4. The Morgan fingerprint density at radius 1 is 0.885 bits per heavy atom. The Bertz CT molecular complexity index is 1050. The topological polar surface area (TPSA) is 75.3 Å². The number of fused-ring (bicyclic) bond motifs is 1. The summed E-state index contributed by atoms with van der Waals surface area (Å²) < 4.78 is 28.7. The molecule has 3 aromatic carbocycles. The lowest BCUT2D eigenvalue weighted by Crippen LogP contribution is -2.27. The standard InChI is InChI=1S/C20H20N2O3S/c1-14(16-8-4-3-5-9-16)22-26(24,25)20-13-7-10-17-18(20)11-6-12-19(17)21-15(2)23/h3-14,22H,1-2H3,(H,21,23). The van der Waals surface area contributed by atoms with E-state index < -0.39 is 10.0 Å². The number of carbonyl (C=O) groups excluding carboxylic acids is 1. The van der Waals surface area contributed by atoms with Crippen molar-refractivity contribution in [3.8, 4) is 0 Å². The maximum absolute atomic E-state index is 13.0. The molecule has 0 aromatic heterocycles. The summed E-state index contributed by atoms with van der Waals surface area (Å²) in [4.78, 5) is 11.6. The van der Waals surface area contributed by atoms with Gasteiger partial charge >= 0.3 is 0 Å². The van der Waals surface area contributed by atoms with E-state index in [2.05, 4.69) is 10.0 Å². The monoisotopic (exact) mass is 368 g/mol. The number of rotatable bonds is 5. The van der Waals surface area contributed by atoms with E-state index in [9.17, 15) is 13.2 Å². The van der Waals surface area contributed by atoms with E-state index in [-0.39, 0.29) is 16.8 Å². The second-order valence-electron chi connectivity index (χ2n) is 6.09. The van der Waals surface area contributed by atoms with E-state index in [1.807, 2.05) is 30.3 Å². The number of anilines is 1. The summed E-state index contributed by atoms with van der Waals surface area (Å²) in [5.74, 6) is -0.207. The molecule has 26 heavy (non-hydrogen) atoms. The van der Waals surface area contributed by atoms with Crippen molar-refractivity contribution in [1.82, 2.24) is 4.72 Å². The third kappa shape index (κ3) is 3.76. The van der Waals surface area contributed by atoms with Gasteiger partial charge in [0, 0.05) is 29.4 Å². The third-order valence-corrected chi connectivity index (χ3v) is 5.71. The van der Waals surface area contributed by atoms with Crippen molar-refractivity contribution in [2.45, 2.75) is 24.8 Å². The molecule has 1 amide bonds. The smallest absolute Gasteiger partial charge is 0.241 e. The van der Waals surface area contributed by atoms with E-state index in [4.69, 9.17) is 0 Å². The fraction of sp³-hybridized carbons (Fsp3) is 0.150. The van der Waals surface area contributed by atoms with Crippen molar-refractivity contribution < 1.29 is 13.2 Å².